The fourth-order valence-corrected chi connectivity index (χ4v) is 3.29. The van der Waals surface area contributed by atoms with Gasteiger partial charge in [-0.1, -0.05) is 23.2 Å². The Balaban J connectivity index is 1.88. The van der Waals surface area contributed by atoms with Gasteiger partial charge in [-0.15, -0.1) is 0 Å². The van der Waals surface area contributed by atoms with E-state index in [2.05, 4.69) is 20.3 Å². The van der Waals surface area contributed by atoms with Crippen LogP contribution in [0.4, 0.5) is 11.5 Å². The van der Waals surface area contributed by atoms with E-state index >= 15 is 0 Å². The van der Waals surface area contributed by atoms with Gasteiger partial charge in [-0.3, -0.25) is 0 Å². The molecule has 0 aliphatic carbocycles. The van der Waals surface area contributed by atoms with Crippen LogP contribution in [0, 0.1) is 0 Å². The molecule has 0 atom stereocenters. The van der Waals surface area contributed by atoms with Crippen molar-refractivity contribution in [3.8, 4) is 11.5 Å². The Morgan fingerprint density at radius 2 is 1.77 bits per heavy atom. The zero-order valence-electron chi connectivity index (χ0n) is 13.9. The number of methoxy groups -OCH3 is 2. The lowest BCUT2D eigenvalue weighted by Crippen LogP contribution is -1.96. The predicted molar refractivity (Wildman–Crippen MR) is 104 cm³/mol. The van der Waals surface area contributed by atoms with E-state index in [0.29, 0.717) is 33.0 Å². The first-order valence-corrected chi connectivity index (χ1v) is 8.46. The van der Waals surface area contributed by atoms with Gasteiger partial charge in [0.1, 0.15) is 17.4 Å². The Labute approximate surface area is 159 Å². The van der Waals surface area contributed by atoms with E-state index in [1.807, 2.05) is 12.1 Å². The molecule has 4 aromatic rings. The van der Waals surface area contributed by atoms with Gasteiger partial charge in [-0.2, -0.15) is 0 Å². The summed E-state index contributed by atoms with van der Waals surface area (Å²) in [5.41, 5.74) is 3.08. The van der Waals surface area contributed by atoms with E-state index in [9.17, 15) is 0 Å². The fourth-order valence-electron chi connectivity index (χ4n) is 2.83. The van der Waals surface area contributed by atoms with Crippen LogP contribution in [0.15, 0.2) is 36.7 Å². The lowest BCUT2D eigenvalue weighted by atomic mass is 10.2. The third kappa shape index (κ3) is 2.77. The van der Waals surface area contributed by atoms with Gasteiger partial charge in [0, 0.05) is 16.5 Å². The highest BCUT2D eigenvalue weighted by Gasteiger charge is 2.15. The van der Waals surface area contributed by atoms with Crippen LogP contribution in [0.5, 0.6) is 11.5 Å². The van der Waals surface area contributed by atoms with Crippen molar-refractivity contribution in [1.29, 1.82) is 0 Å². The van der Waals surface area contributed by atoms with Crippen LogP contribution in [0.25, 0.3) is 21.9 Å². The molecule has 26 heavy (non-hydrogen) atoms. The van der Waals surface area contributed by atoms with E-state index in [4.69, 9.17) is 32.7 Å². The smallest absolute Gasteiger partial charge is 0.162 e. The number of nitrogens with one attached hydrogen (secondary N) is 2. The number of ether oxygens (including phenoxy) is 2. The number of benzene rings is 2. The van der Waals surface area contributed by atoms with Crippen LogP contribution < -0.4 is 14.8 Å². The number of rotatable bonds is 4. The van der Waals surface area contributed by atoms with Crippen LogP contribution >= 0.6 is 23.2 Å². The average molecular weight is 389 g/mol. The van der Waals surface area contributed by atoms with Crippen molar-refractivity contribution in [1.82, 2.24) is 15.0 Å². The molecule has 0 unspecified atom stereocenters. The summed E-state index contributed by atoms with van der Waals surface area (Å²) < 4.78 is 10.8. The number of fused-ring (bicyclic) bond motifs is 3. The summed E-state index contributed by atoms with van der Waals surface area (Å²) in [6.45, 7) is 0. The Morgan fingerprint density at radius 3 is 2.50 bits per heavy atom. The zero-order chi connectivity index (χ0) is 18.3. The number of H-pyrrole nitrogens is 1. The van der Waals surface area contributed by atoms with Crippen LogP contribution in [0.1, 0.15) is 0 Å². The second-order valence-electron chi connectivity index (χ2n) is 5.57. The summed E-state index contributed by atoms with van der Waals surface area (Å²) in [6.07, 6.45) is 1.50. The lowest BCUT2D eigenvalue weighted by molar-refractivity contribution is 0.356. The molecule has 8 heteroatoms. The van der Waals surface area contributed by atoms with Crippen LogP contribution in [-0.2, 0) is 0 Å². The summed E-state index contributed by atoms with van der Waals surface area (Å²) in [7, 11) is 3.20. The number of aromatic amines is 1. The van der Waals surface area contributed by atoms with Crippen molar-refractivity contribution in [2.45, 2.75) is 0 Å². The average Bonchev–Trinajstić information content (AvgIpc) is 3.01. The molecular weight excluding hydrogens is 375 g/mol. The Kier molecular flexibility index (Phi) is 4.22. The van der Waals surface area contributed by atoms with Crippen LogP contribution in [0.3, 0.4) is 0 Å². The summed E-state index contributed by atoms with van der Waals surface area (Å²) in [5, 5.41) is 5.20. The first kappa shape index (κ1) is 16.8. The number of hydrogen-bond donors (Lipinski definition) is 2. The number of anilines is 2. The van der Waals surface area contributed by atoms with E-state index in [-0.39, 0.29) is 0 Å². The van der Waals surface area contributed by atoms with Gasteiger partial charge < -0.3 is 19.8 Å². The third-order valence-corrected chi connectivity index (χ3v) is 4.62. The Morgan fingerprint density at radius 1 is 1.00 bits per heavy atom. The number of aromatic nitrogens is 3. The van der Waals surface area contributed by atoms with Crippen molar-refractivity contribution in [2.75, 3.05) is 19.5 Å². The predicted octanol–water partition coefficient (Wildman–Crippen LogP) is 5.18. The van der Waals surface area contributed by atoms with E-state index in [1.165, 1.54) is 6.33 Å². The van der Waals surface area contributed by atoms with Gasteiger partial charge in [-0.05, 0) is 24.3 Å². The van der Waals surface area contributed by atoms with Crippen molar-refractivity contribution < 1.29 is 9.47 Å². The first-order valence-electron chi connectivity index (χ1n) is 7.71. The van der Waals surface area contributed by atoms with Crippen molar-refractivity contribution in [3.63, 3.8) is 0 Å². The van der Waals surface area contributed by atoms with Gasteiger partial charge in [0.15, 0.2) is 17.3 Å². The molecule has 2 aromatic heterocycles. The Hall–Kier alpha value is -2.70. The molecular formula is C18H14Cl2N4O2. The van der Waals surface area contributed by atoms with E-state index < -0.39 is 0 Å². The molecule has 0 aliphatic heterocycles. The molecule has 2 heterocycles. The van der Waals surface area contributed by atoms with Crippen molar-refractivity contribution >= 4 is 56.6 Å². The highest BCUT2D eigenvalue weighted by Crippen LogP contribution is 2.37. The highest BCUT2D eigenvalue weighted by molar-refractivity contribution is 6.36. The number of hydrogen-bond acceptors (Lipinski definition) is 5. The van der Waals surface area contributed by atoms with Gasteiger partial charge in [-0.25, -0.2) is 9.97 Å². The summed E-state index contributed by atoms with van der Waals surface area (Å²) in [5.74, 6) is 1.87. The molecule has 4 rings (SSSR count). The normalized spacial score (nSPS) is 11.1. The second kappa shape index (κ2) is 6.55. The molecule has 6 nitrogen and oxygen atoms in total. The molecule has 0 amide bonds. The van der Waals surface area contributed by atoms with Gasteiger partial charge in [0.05, 0.1) is 30.4 Å². The molecule has 0 aliphatic rings. The quantitative estimate of drug-likeness (QED) is 0.503. The van der Waals surface area contributed by atoms with Gasteiger partial charge in [0.25, 0.3) is 0 Å². The molecule has 0 bridgehead atoms. The zero-order valence-corrected chi connectivity index (χ0v) is 15.4. The monoisotopic (exact) mass is 388 g/mol. The maximum Gasteiger partial charge on any atom is 0.162 e. The second-order valence-corrected chi connectivity index (χ2v) is 6.42. The van der Waals surface area contributed by atoms with E-state index in [0.717, 1.165) is 21.9 Å². The molecule has 0 radical (unpaired) electrons. The molecule has 2 N–H and O–H groups in total. The van der Waals surface area contributed by atoms with Crippen LogP contribution in [0.2, 0.25) is 10.0 Å². The maximum absolute atomic E-state index is 6.25. The van der Waals surface area contributed by atoms with Gasteiger partial charge >= 0.3 is 0 Å². The minimum absolute atomic E-state index is 0.503. The minimum Gasteiger partial charge on any atom is -0.493 e. The Bertz CT molecular complexity index is 1130. The van der Waals surface area contributed by atoms with E-state index in [1.54, 1.807) is 32.4 Å². The third-order valence-electron chi connectivity index (χ3n) is 4.07. The lowest BCUT2D eigenvalue weighted by Gasteiger charge is -2.08. The highest BCUT2D eigenvalue weighted by atomic mass is 35.5. The molecule has 132 valence electrons. The number of halogens is 2. The molecule has 0 fully saturated rings. The molecule has 0 spiro atoms. The van der Waals surface area contributed by atoms with Gasteiger partial charge in [0.2, 0.25) is 0 Å². The standard InChI is InChI=1S/C18H14Cl2N4O2/c1-25-14-6-10-13(7-15(14)26-2)23-17-16(10)21-8-22-18(17)24-12-4-3-9(19)5-11(12)20/h3-8,23H,1-2H3,(H,21,22,24). The maximum atomic E-state index is 6.25. The molecule has 0 saturated heterocycles. The van der Waals surface area contributed by atoms with Crippen LogP contribution in [-0.4, -0.2) is 29.2 Å². The summed E-state index contributed by atoms with van der Waals surface area (Å²) in [4.78, 5) is 12.1. The largest absolute Gasteiger partial charge is 0.493 e. The fraction of sp³-hybridized carbons (Fsp3) is 0.111. The molecule has 0 saturated carbocycles. The van der Waals surface area contributed by atoms with Crippen molar-refractivity contribution in [3.05, 3.63) is 46.7 Å². The topological polar surface area (TPSA) is 72.1 Å². The van der Waals surface area contributed by atoms with Crippen molar-refractivity contribution in [2.24, 2.45) is 0 Å². The summed E-state index contributed by atoms with van der Waals surface area (Å²) >= 11 is 12.2. The SMILES string of the molecule is COc1cc2[nH]c3c(Nc4ccc(Cl)cc4Cl)ncnc3c2cc1OC. The number of nitrogens with zero attached hydrogens (tertiary/aromatic N) is 2. The first-order chi connectivity index (χ1) is 12.6. The molecule has 2 aromatic carbocycles. The summed E-state index contributed by atoms with van der Waals surface area (Å²) in [6, 6.07) is 8.99. The minimum atomic E-state index is 0.503.